The Morgan fingerprint density at radius 3 is 1.62 bits per heavy atom. The zero-order valence-corrected chi connectivity index (χ0v) is 11.8. The second-order valence-electron chi connectivity index (χ2n) is 4.60. The molecule has 3 nitrogen and oxygen atoms in total. The lowest BCUT2D eigenvalue weighted by atomic mass is 9.92. The normalized spacial score (nSPS) is 12.5. The maximum atomic E-state index is 9.40. The van der Waals surface area contributed by atoms with Gasteiger partial charge in [0.1, 0.15) is 11.5 Å². The lowest BCUT2D eigenvalue weighted by molar-refractivity contribution is 0.343. The molecule has 21 heavy (non-hydrogen) atoms. The highest BCUT2D eigenvalue weighted by Gasteiger charge is 2.10. The van der Waals surface area contributed by atoms with E-state index in [2.05, 4.69) is 0 Å². The summed E-state index contributed by atoms with van der Waals surface area (Å²) in [6, 6.07) is 13.8. The molecule has 0 spiro atoms. The van der Waals surface area contributed by atoms with Gasteiger partial charge in [0.15, 0.2) is 0 Å². The zero-order valence-electron chi connectivity index (χ0n) is 11.8. The predicted molar refractivity (Wildman–Crippen MR) is 84.9 cm³/mol. The summed E-state index contributed by atoms with van der Waals surface area (Å²) in [5.41, 5.74) is 3.69. The number of aliphatic hydroxyl groups is 1. The van der Waals surface area contributed by atoms with Gasteiger partial charge in [0, 0.05) is 0 Å². The first-order valence-corrected chi connectivity index (χ1v) is 6.72. The van der Waals surface area contributed by atoms with Crippen LogP contribution in [0.5, 0.6) is 11.5 Å². The van der Waals surface area contributed by atoms with Crippen LogP contribution in [0.4, 0.5) is 0 Å². The minimum atomic E-state index is -0.0777. The van der Waals surface area contributed by atoms with Crippen molar-refractivity contribution in [3.8, 4) is 11.5 Å². The van der Waals surface area contributed by atoms with Crippen molar-refractivity contribution >= 4 is 11.1 Å². The van der Waals surface area contributed by atoms with E-state index in [1.165, 1.54) is 0 Å². The van der Waals surface area contributed by atoms with Crippen molar-refractivity contribution in [1.29, 1.82) is 0 Å². The van der Waals surface area contributed by atoms with Crippen LogP contribution in [0.1, 0.15) is 18.1 Å². The number of phenols is 2. The molecule has 0 aliphatic rings. The Kier molecular flexibility index (Phi) is 4.80. The van der Waals surface area contributed by atoms with Gasteiger partial charge in [-0.2, -0.15) is 0 Å². The summed E-state index contributed by atoms with van der Waals surface area (Å²) in [6.45, 7) is 1.85. The Morgan fingerprint density at radius 2 is 1.24 bits per heavy atom. The summed E-state index contributed by atoms with van der Waals surface area (Å²) >= 11 is 0. The van der Waals surface area contributed by atoms with Crippen LogP contribution in [0.15, 0.2) is 60.7 Å². The molecule has 2 aromatic rings. The van der Waals surface area contributed by atoms with Gasteiger partial charge in [-0.3, -0.25) is 0 Å². The fourth-order valence-electron chi connectivity index (χ4n) is 2.23. The molecule has 0 aliphatic heterocycles. The predicted octanol–water partition coefficient (Wildman–Crippen LogP) is 3.58. The molecule has 2 rings (SSSR count). The van der Waals surface area contributed by atoms with E-state index in [9.17, 15) is 15.3 Å². The van der Waals surface area contributed by atoms with Crippen molar-refractivity contribution in [3.05, 3.63) is 71.8 Å². The van der Waals surface area contributed by atoms with Crippen LogP contribution in [0.2, 0.25) is 0 Å². The average molecular weight is 282 g/mol. The highest BCUT2D eigenvalue weighted by Crippen LogP contribution is 2.32. The maximum absolute atomic E-state index is 9.40. The largest absolute Gasteiger partial charge is 0.508 e. The van der Waals surface area contributed by atoms with Crippen molar-refractivity contribution in [3.63, 3.8) is 0 Å². The first kappa shape index (κ1) is 14.9. The molecule has 0 atom stereocenters. The van der Waals surface area contributed by atoms with Crippen LogP contribution in [0.25, 0.3) is 11.1 Å². The Morgan fingerprint density at radius 1 is 0.810 bits per heavy atom. The number of rotatable bonds is 4. The number of hydrogen-bond acceptors (Lipinski definition) is 3. The van der Waals surface area contributed by atoms with Crippen molar-refractivity contribution < 1.29 is 15.3 Å². The van der Waals surface area contributed by atoms with Gasteiger partial charge in [-0.1, -0.05) is 36.4 Å². The summed E-state index contributed by atoms with van der Waals surface area (Å²) in [5.74, 6) is 0.417. The maximum Gasteiger partial charge on any atom is 0.115 e. The molecule has 2 aromatic carbocycles. The lowest BCUT2D eigenvalue weighted by Crippen LogP contribution is -1.92. The van der Waals surface area contributed by atoms with Crippen LogP contribution in [0, 0.1) is 0 Å². The first-order chi connectivity index (χ1) is 10.2. The fraction of sp³-hybridized carbons (Fsp3) is 0.111. The van der Waals surface area contributed by atoms with E-state index in [1.807, 2.05) is 25.1 Å². The molecular weight excluding hydrogens is 264 g/mol. The zero-order chi connectivity index (χ0) is 15.2. The molecule has 108 valence electrons. The smallest absolute Gasteiger partial charge is 0.115 e. The van der Waals surface area contributed by atoms with Gasteiger partial charge >= 0.3 is 0 Å². The molecule has 0 saturated carbocycles. The number of phenolic OH excluding ortho intramolecular Hbond substituents is 2. The SMILES string of the molecule is CC=C(C(=CCO)c1ccc(O)cc1)c1ccc(O)cc1. The van der Waals surface area contributed by atoms with Crippen LogP contribution in [0.3, 0.4) is 0 Å². The third-order valence-corrected chi connectivity index (χ3v) is 3.23. The van der Waals surface area contributed by atoms with Gasteiger partial charge in [0.25, 0.3) is 0 Å². The minimum absolute atomic E-state index is 0.0777. The van der Waals surface area contributed by atoms with E-state index in [4.69, 9.17) is 0 Å². The van der Waals surface area contributed by atoms with Crippen molar-refractivity contribution in [1.82, 2.24) is 0 Å². The Labute approximate surface area is 124 Å². The summed E-state index contributed by atoms with van der Waals surface area (Å²) < 4.78 is 0. The number of allylic oxidation sites excluding steroid dienone is 3. The van der Waals surface area contributed by atoms with Crippen molar-refractivity contribution in [2.45, 2.75) is 6.92 Å². The topological polar surface area (TPSA) is 60.7 Å². The lowest BCUT2D eigenvalue weighted by Gasteiger charge is -2.13. The van der Waals surface area contributed by atoms with Crippen molar-refractivity contribution in [2.24, 2.45) is 0 Å². The molecule has 0 radical (unpaired) electrons. The quantitative estimate of drug-likeness (QED) is 0.751. The van der Waals surface area contributed by atoms with Crippen LogP contribution < -0.4 is 0 Å². The second-order valence-corrected chi connectivity index (χ2v) is 4.60. The molecule has 0 unspecified atom stereocenters. The molecule has 0 aromatic heterocycles. The number of benzene rings is 2. The molecule has 0 bridgehead atoms. The van der Waals surface area contributed by atoms with E-state index in [0.717, 1.165) is 22.3 Å². The van der Waals surface area contributed by atoms with Gasteiger partial charge < -0.3 is 15.3 Å². The van der Waals surface area contributed by atoms with Gasteiger partial charge in [-0.05, 0) is 53.5 Å². The third kappa shape index (κ3) is 3.52. The van der Waals surface area contributed by atoms with E-state index >= 15 is 0 Å². The van der Waals surface area contributed by atoms with Crippen LogP contribution >= 0.6 is 0 Å². The van der Waals surface area contributed by atoms with E-state index in [0.29, 0.717) is 0 Å². The monoisotopic (exact) mass is 282 g/mol. The van der Waals surface area contributed by atoms with Gasteiger partial charge in [0.2, 0.25) is 0 Å². The van der Waals surface area contributed by atoms with E-state index in [-0.39, 0.29) is 18.1 Å². The molecule has 0 saturated heterocycles. The molecule has 0 fully saturated rings. The van der Waals surface area contributed by atoms with Crippen LogP contribution in [-0.2, 0) is 0 Å². The average Bonchev–Trinajstić information content (AvgIpc) is 2.50. The van der Waals surface area contributed by atoms with Gasteiger partial charge in [0.05, 0.1) is 6.61 Å². The molecule has 0 amide bonds. The standard InChI is InChI=1S/C18H18O3/c1-2-17(13-3-7-15(20)8-4-13)18(11-12-19)14-5-9-16(21)10-6-14/h2-11,19-21H,12H2,1H3. The molecule has 0 heterocycles. The van der Waals surface area contributed by atoms with Gasteiger partial charge in [-0.15, -0.1) is 0 Å². The highest BCUT2D eigenvalue weighted by atomic mass is 16.3. The Bertz CT molecular complexity index is 650. The fourth-order valence-corrected chi connectivity index (χ4v) is 2.23. The number of aliphatic hydroxyl groups excluding tert-OH is 1. The van der Waals surface area contributed by atoms with Gasteiger partial charge in [-0.25, -0.2) is 0 Å². The summed E-state index contributed by atoms with van der Waals surface area (Å²) in [4.78, 5) is 0. The van der Waals surface area contributed by atoms with E-state index in [1.54, 1.807) is 42.5 Å². The Hall–Kier alpha value is -2.52. The summed E-state index contributed by atoms with van der Waals surface area (Å²) in [5, 5.41) is 28.1. The second kappa shape index (κ2) is 6.77. The number of hydrogen-bond donors (Lipinski definition) is 3. The van der Waals surface area contributed by atoms with Crippen LogP contribution in [-0.4, -0.2) is 21.9 Å². The third-order valence-electron chi connectivity index (χ3n) is 3.23. The number of aromatic hydroxyl groups is 2. The molecule has 0 aliphatic carbocycles. The van der Waals surface area contributed by atoms with Crippen molar-refractivity contribution in [2.75, 3.05) is 6.61 Å². The summed E-state index contributed by atoms with van der Waals surface area (Å²) in [7, 11) is 0. The first-order valence-electron chi connectivity index (χ1n) is 6.72. The molecule has 3 N–H and O–H groups in total. The summed E-state index contributed by atoms with van der Waals surface area (Å²) in [6.07, 6.45) is 3.69. The highest BCUT2D eigenvalue weighted by molar-refractivity contribution is 6.04. The minimum Gasteiger partial charge on any atom is -0.508 e. The van der Waals surface area contributed by atoms with E-state index < -0.39 is 0 Å². The molecule has 3 heteroatoms. The Balaban J connectivity index is 2.47. The molecular formula is C18H18O3.